The van der Waals surface area contributed by atoms with Crippen molar-refractivity contribution in [2.24, 2.45) is 0 Å². The van der Waals surface area contributed by atoms with E-state index in [0.717, 1.165) is 0 Å². The van der Waals surface area contributed by atoms with Gasteiger partial charge in [0.1, 0.15) is 0 Å². The first-order chi connectivity index (χ1) is 27.1. The lowest BCUT2D eigenvalue weighted by Crippen LogP contribution is -2.15. The van der Waals surface area contributed by atoms with Crippen molar-refractivity contribution in [3.8, 4) is 55.6 Å². The van der Waals surface area contributed by atoms with E-state index in [-0.39, 0.29) is 5.41 Å². The van der Waals surface area contributed by atoms with Gasteiger partial charge in [-0.3, -0.25) is 0 Å². The van der Waals surface area contributed by atoms with E-state index in [4.69, 9.17) is 0 Å². The third kappa shape index (κ3) is 4.78. The molecule has 0 atom stereocenters. The van der Waals surface area contributed by atoms with Gasteiger partial charge in [0.15, 0.2) is 0 Å². The van der Waals surface area contributed by atoms with Crippen molar-refractivity contribution in [2.75, 3.05) is 0 Å². The highest BCUT2D eigenvalue weighted by atomic mass is 14.4. The third-order valence-electron chi connectivity index (χ3n) is 12.3. The van der Waals surface area contributed by atoms with Gasteiger partial charge in [-0.05, 0) is 116 Å². The molecule has 0 heterocycles. The van der Waals surface area contributed by atoms with E-state index in [9.17, 15) is 0 Å². The minimum absolute atomic E-state index is 0.0579. The number of fused-ring (bicyclic) bond motifs is 8. The van der Waals surface area contributed by atoms with Crippen molar-refractivity contribution in [3.63, 3.8) is 0 Å². The molecule has 0 saturated heterocycles. The molecule has 0 saturated carbocycles. The molecule has 0 unspecified atom stereocenters. The largest absolute Gasteiger partial charge is 0.0616 e. The Morgan fingerprint density at radius 2 is 0.782 bits per heavy atom. The Hall–Kier alpha value is -6.76. The second-order valence-corrected chi connectivity index (χ2v) is 15.6. The Balaban J connectivity index is 1.06. The summed E-state index contributed by atoms with van der Waals surface area (Å²) >= 11 is 0. The van der Waals surface area contributed by atoms with Crippen molar-refractivity contribution in [3.05, 3.63) is 205 Å². The molecule has 0 aromatic heterocycles. The Labute approximate surface area is 322 Å². The lowest BCUT2D eigenvalue weighted by Gasteiger charge is -2.23. The fraction of sp³-hybridized carbons (Fsp3) is 0.0545. The van der Waals surface area contributed by atoms with Gasteiger partial charge in [0.05, 0.1) is 0 Å². The van der Waals surface area contributed by atoms with Crippen LogP contribution in [0.25, 0.3) is 98.7 Å². The first-order valence-corrected chi connectivity index (χ1v) is 19.4. The van der Waals surface area contributed by atoms with Crippen molar-refractivity contribution in [1.29, 1.82) is 0 Å². The van der Waals surface area contributed by atoms with Crippen LogP contribution < -0.4 is 0 Å². The fourth-order valence-corrected chi connectivity index (χ4v) is 9.75. The Morgan fingerprint density at radius 3 is 1.47 bits per heavy atom. The predicted molar refractivity (Wildman–Crippen MR) is 236 cm³/mol. The molecule has 258 valence electrons. The lowest BCUT2D eigenvalue weighted by molar-refractivity contribution is 0.666. The van der Waals surface area contributed by atoms with E-state index in [0.29, 0.717) is 0 Å². The zero-order valence-electron chi connectivity index (χ0n) is 31.0. The summed E-state index contributed by atoms with van der Waals surface area (Å²) in [6.07, 6.45) is 0. The smallest absolute Gasteiger partial charge is 0.0165 e. The molecule has 1 aliphatic rings. The molecule has 11 rings (SSSR count). The van der Waals surface area contributed by atoms with Crippen LogP contribution in [0.2, 0.25) is 0 Å². The number of rotatable bonds is 4. The maximum atomic E-state index is 2.42. The SMILES string of the molecule is CC1(C)c2ccc(-c3ccc(-c4c5ccccc5c(-c5ccccc5-c5cccc6ccccc56)c5ccccc45)cc3)cc2-c2ccc3ccccc3c21. The van der Waals surface area contributed by atoms with Gasteiger partial charge in [-0.1, -0.05) is 202 Å². The Bertz CT molecular complexity index is 3100. The molecule has 0 aliphatic heterocycles. The van der Waals surface area contributed by atoms with Crippen LogP contribution in [0.3, 0.4) is 0 Å². The second-order valence-electron chi connectivity index (χ2n) is 15.6. The summed E-state index contributed by atoms with van der Waals surface area (Å²) in [5.74, 6) is 0. The van der Waals surface area contributed by atoms with Gasteiger partial charge in [-0.25, -0.2) is 0 Å². The van der Waals surface area contributed by atoms with Crippen LogP contribution in [0.4, 0.5) is 0 Å². The van der Waals surface area contributed by atoms with Crippen LogP contribution in [0.15, 0.2) is 194 Å². The summed E-state index contributed by atoms with van der Waals surface area (Å²) < 4.78 is 0. The van der Waals surface area contributed by atoms with E-state index in [1.54, 1.807) is 0 Å². The highest BCUT2D eigenvalue weighted by Gasteiger charge is 2.37. The summed E-state index contributed by atoms with van der Waals surface area (Å²) in [5, 5.41) is 10.2. The molecule has 0 spiro atoms. The van der Waals surface area contributed by atoms with Crippen molar-refractivity contribution < 1.29 is 0 Å². The molecule has 0 fully saturated rings. The average Bonchev–Trinajstić information content (AvgIpc) is 3.48. The first-order valence-electron chi connectivity index (χ1n) is 19.4. The molecule has 1 aliphatic carbocycles. The van der Waals surface area contributed by atoms with Crippen LogP contribution in [-0.2, 0) is 5.41 Å². The van der Waals surface area contributed by atoms with Crippen LogP contribution in [0.5, 0.6) is 0 Å². The van der Waals surface area contributed by atoms with E-state index in [1.165, 1.54) is 110 Å². The minimum atomic E-state index is -0.0579. The zero-order chi connectivity index (χ0) is 36.7. The summed E-state index contributed by atoms with van der Waals surface area (Å²) in [7, 11) is 0. The highest BCUT2D eigenvalue weighted by Crippen LogP contribution is 2.52. The molecule has 0 amide bonds. The fourth-order valence-electron chi connectivity index (χ4n) is 9.75. The molecule has 0 heteroatoms. The second kappa shape index (κ2) is 12.1. The van der Waals surface area contributed by atoms with E-state index in [1.807, 2.05) is 0 Å². The topological polar surface area (TPSA) is 0 Å². The molecular formula is C55H38. The highest BCUT2D eigenvalue weighted by molar-refractivity contribution is 6.23. The van der Waals surface area contributed by atoms with Gasteiger partial charge in [0.25, 0.3) is 0 Å². The molecular weight excluding hydrogens is 661 g/mol. The maximum absolute atomic E-state index is 2.42. The summed E-state index contributed by atoms with van der Waals surface area (Å²) in [4.78, 5) is 0. The quantitative estimate of drug-likeness (QED) is 0.161. The molecule has 10 aromatic rings. The van der Waals surface area contributed by atoms with E-state index in [2.05, 4.69) is 208 Å². The molecule has 0 N–H and O–H groups in total. The van der Waals surface area contributed by atoms with Crippen LogP contribution in [0.1, 0.15) is 25.0 Å². The zero-order valence-corrected chi connectivity index (χ0v) is 31.0. The van der Waals surface area contributed by atoms with Gasteiger partial charge in [-0.15, -0.1) is 0 Å². The maximum Gasteiger partial charge on any atom is 0.0165 e. The summed E-state index contributed by atoms with van der Waals surface area (Å²) in [6, 6.07) is 72.1. The van der Waals surface area contributed by atoms with Crippen LogP contribution in [-0.4, -0.2) is 0 Å². The molecule has 0 radical (unpaired) electrons. The van der Waals surface area contributed by atoms with E-state index >= 15 is 0 Å². The van der Waals surface area contributed by atoms with E-state index < -0.39 is 0 Å². The minimum Gasteiger partial charge on any atom is -0.0616 e. The first kappa shape index (κ1) is 31.7. The molecule has 10 aromatic carbocycles. The Kier molecular flexibility index (Phi) is 7.00. The predicted octanol–water partition coefficient (Wildman–Crippen LogP) is 15.3. The molecule has 0 bridgehead atoms. The number of hydrogen-bond acceptors (Lipinski definition) is 0. The third-order valence-corrected chi connectivity index (χ3v) is 12.3. The lowest BCUT2D eigenvalue weighted by atomic mass is 9.80. The normalized spacial score (nSPS) is 13.1. The van der Waals surface area contributed by atoms with Crippen molar-refractivity contribution >= 4 is 43.1 Å². The van der Waals surface area contributed by atoms with Gasteiger partial charge in [0, 0.05) is 5.41 Å². The van der Waals surface area contributed by atoms with Gasteiger partial charge >= 0.3 is 0 Å². The summed E-state index contributed by atoms with van der Waals surface area (Å²) in [5.41, 5.74) is 15.5. The van der Waals surface area contributed by atoms with Crippen LogP contribution >= 0.6 is 0 Å². The molecule has 0 nitrogen and oxygen atoms in total. The van der Waals surface area contributed by atoms with Gasteiger partial charge < -0.3 is 0 Å². The average molecular weight is 699 g/mol. The number of hydrogen-bond donors (Lipinski definition) is 0. The summed E-state index contributed by atoms with van der Waals surface area (Å²) in [6.45, 7) is 4.75. The number of benzene rings is 10. The standard InChI is InChI=1S/C55H38/c1-55(2)51-33-31-39(34-50(51)49-32-30-37-15-4-6-18-41(37)54(49)55)35-26-28-38(29-27-35)52-45-21-9-11-23-47(45)53(48-24-12-10-22-46(48)52)44-20-8-7-19-43(44)42-25-13-16-36-14-3-5-17-40(36)42/h3-34H,1-2H3. The molecule has 55 heavy (non-hydrogen) atoms. The Morgan fingerprint density at radius 1 is 0.291 bits per heavy atom. The monoisotopic (exact) mass is 698 g/mol. The van der Waals surface area contributed by atoms with Crippen molar-refractivity contribution in [1.82, 2.24) is 0 Å². The van der Waals surface area contributed by atoms with Crippen molar-refractivity contribution in [2.45, 2.75) is 19.3 Å². The van der Waals surface area contributed by atoms with Gasteiger partial charge in [0.2, 0.25) is 0 Å². The van der Waals surface area contributed by atoms with Crippen LogP contribution in [0, 0.1) is 0 Å². The van der Waals surface area contributed by atoms with Gasteiger partial charge in [-0.2, -0.15) is 0 Å².